The number of nitriles is 1. The number of carbonyl (C=O) groups is 2. The van der Waals surface area contributed by atoms with Gasteiger partial charge in [-0.05, 0) is 61.4 Å². The van der Waals surface area contributed by atoms with E-state index in [4.69, 9.17) is 15.1 Å². The molecule has 178 valence electrons. The molecule has 1 atom stereocenters. The first-order chi connectivity index (χ1) is 16.3. The summed E-state index contributed by atoms with van der Waals surface area (Å²) in [7, 11) is 1.93. The van der Waals surface area contributed by atoms with Crippen LogP contribution in [0.2, 0.25) is 0 Å². The van der Waals surface area contributed by atoms with Crippen LogP contribution in [0.5, 0.6) is 0 Å². The van der Waals surface area contributed by atoms with E-state index in [0.717, 1.165) is 40.7 Å². The topological polar surface area (TPSA) is 105 Å². The molecule has 1 aromatic carbocycles. The molecule has 0 radical (unpaired) electrons. The van der Waals surface area contributed by atoms with Crippen molar-refractivity contribution in [2.24, 2.45) is 13.0 Å². The Hall–Kier alpha value is -3.50. The molecule has 3 rings (SSSR count). The Kier molecular flexibility index (Phi) is 8.55. The molecule has 34 heavy (non-hydrogen) atoms. The standard InChI is InChI=1S/C27H31N3O4/c1-18(13-25(32)33)12-24(31)26-22-11-19(2)16-29-27(22)30(3)23(26)9-4-5-10-34-17-21-8-6-7-20(14-21)15-28/h6-8,11,14,16,18H,4-5,9-10,12-13,17H2,1-3H3,(H,32,33)/t18-/m0/s1. The van der Waals surface area contributed by atoms with Crippen molar-refractivity contribution in [2.75, 3.05) is 6.61 Å². The smallest absolute Gasteiger partial charge is 0.303 e. The van der Waals surface area contributed by atoms with Crippen molar-refractivity contribution >= 4 is 22.8 Å². The molecule has 0 bridgehead atoms. The number of fused-ring (bicyclic) bond motifs is 1. The molecule has 3 aromatic rings. The van der Waals surface area contributed by atoms with Crippen LogP contribution in [0.3, 0.4) is 0 Å². The van der Waals surface area contributed by atoms with E-state index in [1.54, 1.807) is 19.2 Å². The van der Waals surface area contributed by atoms with Crippen LogP contribution in [-0.2, 0) is 29.6 Å². The second-order valence-corrected chi connectivity index (χ2v) is 8.92. The third kappa shape index (κ3) is 6.30. The Morgan fingerprint density at radius 2 is 2.03 bits per heavy atom. The zero-order chi connectivity index (χ0) is 24.7. The Bertz CT molecular complexity index is 1220. The molecule has 0 aliphatic heterocycles. The van der Waals surface area contributed by atoms with Gasteiger partial charge in [-0.2, -0.15) is 5.26 Å². The quantitative estimate of drug-likeness (QED) is 0.301. The van der Waals surface area contributed by atoms with Gasteiger partial charge < -0.3 is 14.4 Å². The normalized spacial score (nSPS) is 11.9. The first-order valence-corrected chi connectivity index (χ1v) is 11.6. The van der Waals surface area contributed by atoms with Gasteiger partial charge in [-0.1, -0.05) is 19.1 Å². The summed E-state index contributed by atoms with van der Waals surface area (Å²) in [6.07, 6.45) is 4.33. The fourth-order valence-electron chi connectivity index (χ4n) is 4.27. The maximum atomic E-state index is 13.3. The summed E-state index contributed by atoms with van der Waals surface area (Å²) in [5, 5.41) is 18.9. The van der Waals surface area contributed by atoms with Gasteiger partial charge >= 0.3 is 5.97 Å². The van der Waals surface area contributed by atoms with Crippen molar-refractivity contribution < 1.29 is 19.4 Å². The van der Waals surface area contributed by atoms with E-state index in [0.29, 0.717) is 30.8 Å². The maximum Gasteiger partial charge on any atom is 0.303 e. The minimum Gasteiger partial charge on any atom is -0.481 e. The van der Waals surface area contributed by atoms with Crippen molar-refractivity contribution in [3.63, 3.8) is 0 Å². The van der Waals surface area contributed by atoms with Crippen LogP contribution < -0.4 is 0 Å². The molecule has 0 saturated heterocycles. The lowest BCUT2D eigenvalue weighted by Gasteiger charge is -2.11. The fourth-order valence-corrected chi connectivity index (χ4v) is 4.27. The lowest BCUT2D eigenvalue weighted by Crippen LogP contribution is -2.12. The van der Waals surface area contributed by atoms with Crippen molar-refractivity contribution in [3.8, 4) is 6.07 Å². The van der Waals surface area contributed by atoms with E-state index in [2.05, 4.69) is 11.1 Å². The van der Waals surface area contributed by atoms with E-state index in [1.165, 1.54) is 0 Å². The van der Waals surface area contributed by atoms with E-state index >= 15 is 0 Å². The zero-order valence-electron chi connectivity index (χ0n) is 20.0. The Morgan fingerprint density at radius 1 is 1.24 bits per heavy atom. The highest BCUT2D eigenvalue weighted by Gasteiger charge is 2.23. The van der Waals surface area contributed by atoms with E-state index in [-0.39, 0.29) is 24.5 Å². The number of nitrogens with zero attached hydrogens (tertiary/aromatic N) is 3. The number of rotatable bonds is 12. The number of aryl methyl sites for hydroxylation is 2. The van der Waals surface area contributed by atoms with Gasteiger partial charge in [-0.15, -0.1) is 0 Å². The number of hydrogen-bond donors (Lipinski definition) is 1. The SMILES string of the molecule is Cc1cnc2c(c1)c(C(=O)C[C@H](C)CC(=O)O)c(CCCCOCc1cccc(C#N)c1)n2C. The summed E-state index contributed by atoms with van der Waals surface area (Å²) in [5.41, 5.74) is 4.94. The third-order valence-electron chi connectivity index (χ3n) is 5.90. The number of Topliss-reactive ketones (excluding diaryl/α,β-unsaturated/α-hetero) is 1. The van der Waals surface area contributed by atoms with E-state index in [1.807, 2.05) is 42.8 Å². The van der Waals surface area contributed by atoms with Crippen LogP contribution in [0.1, 0.15) is 65.3 Å². The number of aromatic nitrogens is 2. The molecule has 1 N–H and O–H groups in total. The number of ether oxygens (including phenoxy) is 1. The average molecular weight is 462 g/mol. The number of pyridine rings is 1. The molecule has 0 amide bonds. The molecular weight excluding hydrogens is 430 g/mol. The predicted octanol–water partition coefficient (Wildman–Crippen LogP) is 4.98. The van der Waals surface area contributed by atoms with Crippen LogP contribution in [0.25, 0.3) is 11.0 Å². The summed E-state index contributed by atoms with van der Waals surface area (Å²) in [6, 6.07) is 11.5. The first kappa shape index (κ1) is 25.1. The Labute approximate surface area is 200 Å². The number of carboxylic acids is 1. The third-order valence-corrected chi connectivity index (χ3v) is 5.90. The van der Waals surface area contributed by atoms with Gasteiger partial charge in [0.15, 0.2) is 5.78 Å². The molecule has 2 heterocycles. The molecule has 0 spiro atoms. The Morgan fingerprint density at radius 3 is 2.76 bits per heavy atom. The van der Waals surface area contributed by atoms with E-state index in [9.17, 15) is 9.59 Å². The van der Waals surface area contributed by atoms with Crippen LogP contribution in [0.15, 0.2) is 36.5 Å². The highest BCUT2D eigenvalue weighted by atomic mass is 16.5. The number of carbonyl (C=O) groups excluding carboxylic acids is 1. The summed E-state index contributed by atoms with van der Waals surface area (Å²) >= 11 is 0. The van der Waals surface area contributed by atoms with Gasteiger partial charge in [0.05, 0.1) is 18.2 Å². The molecule has 0 aliphatic carbocycles. The number of carboxylic acid groups (broad SMARTS) is 1. The van der Waals surface area contributed by atoms with Gasteiger partial charge in [0.1, 0.15) is 5.65 Å². The van der Waals surface area contributed by atoms with Crippen molar-refractivity contribution in [1.82, 2.24) is 9.55 Å². The minimum atomic E-state index is -0.893. The van der Waals surface area contributed by atoms with Crippen LogP contribution in [-0.4, -0.2) is 33.0 Å². The van der Waals surface area contributed by atoms with Gasteiger partial charge in [-0.3, -0.25) is 9.59 Å². The van der Waals surface area contributed by atoms with Crippen molar-refractivity contribution in [1.29, 1.82) is 5.26 Å². The average Bonchev–Trinajstić information content (AvgIpc) is 3.06. The number of aliphatic carboxylic acids is 1. The maximum absolute atomic E-state index is 13.3. The van der Waals surface area contributed by atoms with Gasteiger partial charge in [0, 0.05) is 49.3 Å². The van der Waals surface area contributed by atoms with Gasteiger partial charge in [0.25, 0.3) is 0 Å². The summed E-state index contributed by atoms with van der Waals surface area (Å²) in [6.45, 7) is 4.78. The summed E-state index contributed by atoms with van der Waals surface area (Å²) in [5.74, 6) is -1.16. The number of hydrogen-bond acceptors (Lipinski definition) is 5. The van der Waals surface area contributed by atoms with Crippen LogP contribution in [0.4, 0.5) is 0 Å². The lowest BCUT2D eigenvalue weighted by atomic mass is 9.94. The Balaban J connectivity index is 1.67. The first-order valence-electron chi connectivity index (χ1n) is 11.6. The number of ketones is 1. The van der Waals surface area contributed by atoms with Crippen LogP contribution in [0, 0.1) is 24.2 Å². The zero-order valence-corrected chi connectivity index (χ0v) is 20.0. The largest absolute Gasteiger partial charge is 0.481 e. The fraction of sp³-hybridized carbons (Fsp3) is 0.407. The second kappa shape index (κ2) is 11.6. The highest BCUT2D eigenvalue weighted by molar-refractivity contribution is 6.09. The monoisotopic (exact) mass is 461 g/mol. The van der Waals surface area contributed by atoms with Crippen molar-refractivity contribution in [3.05, 3.63) is 64.5 Å². The van der Waals surface area contributed by atoms with E-state index < -0.39 is 5.97 Å². The van der Waals surface area contributed by atoms with Gasteiger partial charge in [0.2, 0.25) is 0 Å². The minimum absolute atomic E-state index is 0.0300. The molecule has 2 aromatic heterocycles. The molecular formula is C27H31N3O4. The second-order valence-electron chi connectivity index (χ2n) is 8.92. The van der Waals surface area contributed by atoms with Crippen LogP contribution >= 0.6 is 0 Å². The molecule has 0 unspecified atom stereocenters. The number of benzene rings is 1. The lowest BCUT2D eigenvalue weighted by molar-refractivity contribution is -0.137. The summed E-state index contributed by atoms with van der Waals surface area (Å²) in [4.78, 5) is 28.9. The highest BCUT2D eigenvalue weighted by Crippen LogP contribution is 2.29. The molecule has 0 aliphatic rings. The molecule has 7 nitrogen and oxygen atoms in total. The van der Waals surface area contributed by atoms with Gasteiger partial charge in [-0.25, -0.2) is 4.98 Å². The number of unbranched alkanes of at least 4 members (excludes halogenated alkanes) is 1. The molecule has 7 heteroatoms. The molecule has 0 fully saturated rings. The molecule has 0 saturated carbocycles. The predicted molar refractivity (Wildman–Crippen MR) is 130 cm³/mol. The summed E-state index contributed by atoms with van der Waals surface area (Å²) < 4.78 is 7.76. The van der Waals surface area contributed by atoms with Crippen molar-refractivity contribution in [2.45, 2.75) is 52.6 Å².